The van der Waals surface area contributed by atoms with Crippen LogP contribution in [0.2, 0.25) is 0 Å². The first-order chi connectivity index (χ1) is 9.10. The van der Waals surface area contributed by atoms with Crippen molar-refractivity contribution >= 4 is 8.45 Å². The third kappa shape index (κ3) is 7.84. The predicted octanol–water partition coefficient (Wildman–Crippen LogP) is 4.04. The van der Waals surface area contributed by atoms with Gasteiger partial charge in [-0.25, -0.2) is 4.67 Å². The van der Waals surface area contributed by atoms with E-state index in [4.69, 9.17) is 9.79 Å². The van der Waals surface area contributed by atoms with Gasteiger partial charge in [-0.15, -0.1) is 0 Å². The van der Waals surface area contributed by atoms with Crippen LogP contribution in [0.5, 0.6) is 0 Å². The molecule has 0 radical (unpaired) electrons. The second kappa shape index (κ2) is 11.6. The molecule has 0 aliphatic heterocycles. The largest absolute Gasteiger partial charge is 0.330 e. The minimum atomic E-state index is -0.800. The van der Waals surface area contributed by atoms with Crippen molar-refractivity contribution in [2.45, 2.75) is 72.4 Å². The van der Waals surface area contributed by atoms with E-state index in [2.05, 4.69) is 50.4 Å². The number of nitriles is 1. The van der Waals surface area contributed by atoms with Crippen LogP contribution in [0.1, 0.15) is 60.3 Å². The first kappa shape index (κ1) is 18.8. The molecule has 0 heterocycles. The highest BCUT2D eigenvalue weighted by Crippen LogP contribution is 2.40. The van der Waals surface area contributed by atoms with E-state index in [1.54, 1.807) is 0 Å². The maximum atomic E-state index is 8.65. The second-order valence-corrected chi connectivity index (χ2v) is 6.45. The standard InChI is InChI=1S/C14H30N3OP/c1-6-11-17(14(5)8-3)19(16-13(4)7-2)18-12-9-10-15/h13-14,16H,6-9,11-12H2,1-5H3. The van der Waals surface area contributed by atoms with E-state index in [0.29, 0.717) is 25.1 Å². The van der Waals surface area contributed by atoms with Gasteiger partial charge in [0.05, 0.1) is 19.1 Å². The summed E-state index contributed by atoms with van der Waals surface area (Å²) in [6.45, 7) is 12.6. The van der Waals surface area contributed by atoms with Crippen molar-refractivity contribution in [2.75, 3.05) is 13.2 Å². The van der Waals surface area contributed by atoms with Gasteiger partial charge in [0.1, 0.15) is 0 Å². The van der Waals surface area contributed by atoms with Gasteiger partial charge in [0, 0.05) is 18.6 Å². The molecule has 4 nitrogen and oxygen atoms in total. The van der Waals surface area contributed by atoms with Gasteiger partial charge in [-0.1, -0.05) is 20.8 Å². The van der Waals surface area contributed by atoms with Crippen LogP contribution in [-0.4, -0.2) is 29.9 Å². The highest BCUT2D eigenvalue weighted by Gasteiger charge is 2.24. The normalized spacial score (nSPS) is 16.1. The number of nitrogens with zero attached hydrogens (tertiary/aromatic N) is 2. The van der Waals surface area contributed by atoms with E-state index < -0.39 is 8.45 Å². The summed E-state index contributed by atoms with van der Waals surface area (Å²) in [5.41, 5.74) is 0. The van der Waals surface area contributed by atoms with E-state index in [1.165, 1.54) is 0 Å². The van der Waals surface area contributed by atoms with Crippen LogP contribution in [0.4, 0.5) is 0 Å². The molecule has 0 saturated heterocycles. The summed E-state index contributed by atoms with van der Waals surface area (Å²) in [6.07, 6.45) is 3.78. The molecule has 0 saturated carbocycles. The fraction of sp³-hybridized carbons (Fsp3) is 0.929. The number of hydrogen-bond donors (Lipinski definition) is 1. The molecule has 3 unspecified atom stereocenters. The smallest absolute Gasteiger partial charge is 0.185 e. The highest BCUT2D eigenvalue weighted by atomic mass is 31.2. The van der Waals surface area contributed by atoms with Crippen molar-refractivity contribution in [1.82, 2.24) is 9.76 Å². The molecule has 1 N–H and O–H groups in total. The van der Waals surface area contributed by atoms with E-state index in [0.717, 1.165) is 25.8 Å². The van der Waals surface area contributed by atoms with Crippen molar-refractivity contribution in [3.63, 3.8) is 0 Å². The Morgan fingerprint density at radius 2 is 1.95 bits per heavy atom. The minimum absolute atomic E-state index is 0.441. The van der Waals surface area contributed by atoms with Crippen molar-refractivity contribution in [1.29, 1.82) is 5.26 Å². The highest BCUT2D eigenvalue weighted by molar-refractivity contribution is 7.47. The molecule has 0 aromatic rings. The number of hydrogen-bond acceptors (Lipinski definition) is 4. The molecule has 3 atom stereocenters. The maximum absolute atomic E-state index is 8.65. The van der Waals surface area contributed by atoms with E-state index >= 15 is 0 Å². The summed E-state index contributed by atoms with van der Waals surface area (Å²) < 4.78 is 8.38. The topological polar surface area (TPSA) is 48.3 Å². The Balaban J connectivity index is 4.66. The predicted molar refractivity (Wildman–Crippen MR) is 82.7 cm³/mol. The number of nitrogens with one attached hydrogen (secondary N) is 1. The lowest BCUT2D eigenvalue weighted by molar-refractivity contribution is 0.265. The van der Waals surface area contributed by atoms with E-state index in [1.807, 2.05) is 0 Å². The van der Waals surface area contributed by atoms with Gasteiger partial charge in [-0.2, -0.15) is 5.26 Å². The van der Waals surface area contributed by atoms with E-state index in [-0.39, 0.29) is 0 Å². The maximum Gasteiger partial charge on any atom is 0.185 e. The van der Waals surface area contributed by atoms with Crippen molar-refractivity contribution < 1.29 is 4.52 Å². The Labute approximate surface area is 120 Å². The summed E-state index contributed by atoms with van der Waals surface area (Å²) in [5.74, 6) is 0. The van der Waals surface area contributed by atoms with Gasteiger partial charge in [-0.3, -0.25) is 5.09 Å². The van der Waals surface area contributed by atoms with Crippen LogP contribution >= 0.6 is 8.45 Å². The summed E-state index contributed by atoms with van der Waals surface area (Å²) >= 11 is 0. The fourth-order valence-electron chi connectivity index (χ4n) is 1.57. The minimum Gasteiger partial charge on any atom is -0.330 e. The van der Waals surface area contributed by atoms with Crippen LogP contribution in [-0.2, 0) is 4.52 Å². The van der Waals surface area contributed by atoms with Crippen LogP contribution in [0, 0.1) is 11.3 Å². The third-order valence-corrected chi connectivity index (χ3v) is 5.31. The molecule has 0 rings (SSSR count). The second-order valence-electron chi connectivity index (χ2n) is 4.87. The average Bonchev–Trinajstić information content (AvgIpc) is 2.43. The molecule has 112 valence electrons. The van der Waals surface area contributed by atoms with Crippen molar-refractivity contribution in [2.24, 2.45) is 0 Å². The van der Waals surface area contributed by atoms with Gasteiger partial charge in [0.2, 0.25) is 0 Å². The Morgan fingerprint density at radius 3 is 2.42 bits per heavy atom. The molecule has 0 aliphatic carbocycles. The zero-order valence-electron chi connectivity index (χ0n) is 13.1. The lowest BCUT2D eigenvalue weighted by Crippen LogP contribution is -2.36. The van der Waals surface area contributed by atoms with Crippen LogP contribution < -0.4 is 5.09 Å². The molecule has 0 fully saturated rings. The zero-order chi connectivity index (χ0) is 14.7. The Kier molecular flexibility index (Phi) is 11.5. The molecule has 0 bridgehead atoms. The third-order valence-electron chi connectivity index (χ3n) is 3.16. The Morgan fingerprint density at radius 1 is 1.26 bits per heavy atom. The van der Waals surface area contributed by atoms with Gasteiger partial charge in [0.25, 0.3) is 0 Å². The summed E-state index contributed by atoms with van der Waals surface area (Å²) in [6, 6.07) is 3.09. The first-order valence-corrected chi connectivity index (χ1v) is 8.64. The lowest BCUT2D eigenvalue weighted by atomic mass is 10.2. The zero-order valence-corrected chi connectivity index (χ0v) is 14.0. The SMILES string of the molecule is CCCN(C(C)CC)P(NC(C)CC)OCCC#N. The number of rotatable bonds is 11. The van der Waals surface area contributed by atoms with Crippen molar-refractivity contribution in [3.8, 4) is 6.07 Å². The molecular weight excluding hydrogens is 257 g/mol. The van der Waals surface area contributed by atoms with Crippen LogP contribution in [0.3, 0.4) is 0 Å². The molecular formula is C14H30N3OP. The van der Waals surface area contributed by atoms with E-state index in [9.17, 15) is 0 Å². The molecule has 5 heteroatoms. The summed E-state index contributed by atoms with van der Waals surface area (Å²) in [4.78, 5) is 0. The fourth-order valence-corrected chi connectivity index (χ4v) is 3.67. The molecule has 0 amide bonds. The van der Waals surface area contributed by atoms with Gasteiger partial charge in [-0.05, 0) is 33.1 Å². The van der Waals surface area contributed by atoms with Gasteiger partial charge in [0.15, 0.2) is 8.45 Å². The molecule has 0 spiro atoms. The van der Waals surface area contributed by atoms with Crippen LogP contribution in [0.15, 0.2) is 0 Å². The molecule has 19 heavy (non-hydrogen) atoms. The summed E-state index contributed by atoms with van der Waals surface area (Å²) in [5, 5.41) is 12.2. The van der Waals surface area contributed by atoms with Crippen molar-refractivity contribution in [3.05, 3.63) is 0 Å². The monoisotopic (exact) mass is 287 g/mol. The van der Waals surface area contributed by atoms with Crippen LogP contribution in [0.25, 0.3) is 0 Å². The Hall–Kier alpha value is -0.200. The van der Waals surface area contributed by atoms with Gasteiger partial charge < -0.3 is 4.52 Å². The van der Waals surface area contributed by atoms with Gasteiger partial charge >= 0.3 is 0 Å². The summed E-state index contributed by atoms with van der Waals surface area (Å²) in [7, 11) is -0.800. The molecule has 0 aliphatic rings. The molecule has 0 aromatic carbocycles. The molecule has 0 aromatic heterocycles. The lowest BCUT2D eigenvalue weighted by Gasteiger charge is -2.36. The quantitative estimate of drug-likeness (QED) is 0.460. The Bertz CT molecular complexity index is 258. The first-order valence-electron chi connectivity index (χ1n) is 7.43. The average molecular weight is 287 g/mol.